The number of nitrogens with one attached hydrogen (secondary N) is 1. The molecule has 1 aliphatic carbocycles. The molecule has 1 aromatic rings. The van der Waals surface area contributed by atoms with E-state index in [1.54, 1.807) is 0 Å². The van der Waals surface area contributed by atoms with E-state index in [2.05, 4.69) is 43.2 Å². The summed E-state index contributed by atoms with van der Waals surface area (Å²) in [5, 5.41) is 2.72. The van der Waals surface area contributed by atoms with Gasteiger partial charge in [0.15, 0.2) is 0 Å². The number of esters is 1. The van der Waals surface area contributed by atoms with Crippen molar-refractivity contribution in [3.63, 3.8) is 0 Å². The van der Waals surface area contributed by atoms with Gasteiger partial charge in [-0.15, -0.1) is 0 Å². The first-order valence-corrected chi connectivity index (χ1v) is 11.5. The summed E-state index contributed by atoms with van der Waals surface area (Å²) in [6.45, 7) is 11.0. The van der Waals surface area contributed by atoms with Crippen LogP contribution in [0.2, 0.25) is 0 Å². The summed E-state index contributed by atoms with van der Waals surface area (Å²) in [6, 6.07) is 6.12. The maximum Gasteiger partial charge on any atom is 0.334 e. The second kappa shape index (κ2) is 9.09. The molecule has 0 aromatic heterocycles. The predicted octanol–water partition coefficient (Wildman–Crippen LogP) is 4.08. The number of hydrogen-bond acceptors (Lipinski definition) is 4. The van der Waals surface area contributed by atoms with Gasteiger partial charge in [0.05, 0.1) is 0 Å². The van der Waals surface area contributed by atoms with Gasteiger partial charge in [0.25, 0.3) is 0 Å². The minimum Gasteiger partial charge on any atom is -0.425 e. The van der Waals surface area contributed by atoms with Crippen LogP contribution in [-0.2, 0) is 21.4 Å². The van der Waals surface area contributed by atoms with Gasteiger partial charge in [-0.25, -0.2) is 4.79 Å². The number of likely N-dealkylation sites (N-methyl/N-ethyl adjacent to an activating group) is 1. The van der Waals surface area contributed by atoms with Crippen molar-refractivity contribution in [2.24, 2.45) is 11.8 Å². The van der Waals surface area contributed by atoms with Crippen molar-refractivity contribution in [3.05, 3.63) is 29.3 Å². The van der Waals surface area contributed by atoms with E-state index in [9.17, 15) is 9.59 Å². The summed E-state index contributed by atoms with van der Waals surface area (Å²) < 4.78 is 5.78. The van der Waals surface area contributed by atoms with Gasteiger partial charge in [-0.05, 0) is 68.0 Å². The molecule has 5 heteroatoms. The Labute approximate surface area is 181 Å². The highest BCUT2D eigenvalue weighted by Gasteiger charge is 2.50. The average molecular weight is 415 g/mol. The number of nitrogens with zero attached hydrogens (tertiary/aromatic N) is 1. The first-order chi connectivity index (χ1) is 14.2. The lowest BCUT2D eigenvalue weighted by atomic mass is 9.56. The minimum absolute atomic E-state index is 0.0374. The topological polar surface area (TPSA) is 58.6 Å². The van der Waals surface area contributed by atoms with E-state index in [0.717, 1.165) is 19.4 Å². The number of ether oxygens (including phenoxy) is 1. The molecular formula is C25H38N2O3. The molecule has 2 bridgehead atoms. The Balaban J connectivity index is 1.92. The van der Waals surface area contributed by atoms with E-state index in [4.69, 9.17) is 4.74 Å². The number of rotatable bonds is 7. The van der Waals surface area contributed by atoms with Crippen LogP contribution in [0.3, 0.4) is 0 Å². The number of hydrogen-bond donors (Lipinski definition) is 1. The molecule has 2 aliphatic rings. The van der Waals surface area contributed by atoms with Gasteiger partial charge in [0.1, 0.15) is 11.8 Å². The fourth-order valence-corrected chi connectivity index (χ4v) is 5.59. The number of carbonyl (C=O) groups is 2. The second-order valence-electron chi connectivity index (χ2n) is 9.71. The summed E-state index contributed by atoms with van der Waals surface area (Å²) >= 11 is 0. The van der Waals surface area contributed by atoms with Crippen molar-refractivity contribution >= 4 is 11.9 Å². The summed E-state index contributed by atoms with van der Waals surface area (Å²) in [6.07, 6.45) is 5.77. The van der Waals surface area contributed by atoms with Crippen molar-refractivity contribution in [2.75, 3.05) is 13.6 Å². The van der Waals surface area contributed by atoms with Crippen LogP contribution in [0.15, 0.2) is 18.2 Å². The molecule has 5 nitrogen and oxygen atoms in total. The van der Waals surface area contributed by atoms with Gasteiger partial charge in [-0.2, -0.15) is 0 Å². The van der Waals surface area contributed by atoms with Crippen molar-refractivity contribution in [2.45, 2.75) is 84.2 Å². The Hall–Kier alpha value is -1.88. The minimum atomic E-state index is -0.640. The molecule has 1 aliphatic heterocycles. The lowest BCUT2D eigenvalue weighted by Crippen LogP contribution is -2.57. The molecule has 1 aromatic carbocycles. The maximum absolute atomic E-state index is 12.8. The summed E-state index contributed by atoms with van der Waals surface area (Å²) in [5.74, 6) is 0.512. The second-order valence-corrected chi connectivity index (χ2v) is 9.71. The average Bonchev–Trinajstić information content (AvgIpc) is 2.69. The van der Waals surface area contributed by atoms with Crippen molar-refractivity contribution in [3.8, 4) is 5.75 Å². The van der Waals surface area contributed by atoms with E-state index < -0.39 is 12.0 Å². The van der Waals surface area contributed by atoms with Gasteiger partial charge in [-0.3, -0.25) is 4.79 Å². The van der Waals surface area contributed by atoms with E-state index in [1.807, 2.05) is 19.9 Å². The number of unbranched alkanes of at least 4 members (excludes halogenated alkanes) is 1. The molecular weight excluding hydrogens is 376 g/mol. The van der Waals surface area contributed by atoms with Gasteiger partial charge >= 0.3 is 5.97 Å². The molecule has 1 N–H and O–H groups in total. The molecule has 1 unspecified atom stereocenters. The highest BCUT2D eigenvalue weighted by molar-refractivity contribution is 5.84. The highest BCUT2D eigenvalue weighted by atomic mass is 16.5. The highest BCUT2D eigenvalue weighted by Crippen LogP contribution is 2.52. The van der Waals surface area contributed by atoms with Gasteiger partial charge < -0.3 is 15.0 Å². The molecule has 0 radical (unpaired) electrons. The van der Waals surface area contributed by atoms with Crippen LogP contribution in [0.5, 0.6) is 5.75 Å². The van der Waals surface area contributed by atoms with Gasteiger partial charge in [-0.1, -0.05) is 46.6 Å². The normalized spacial score (nSPS) is 26.8. The Kier molecular flexibility index (Phi) is 6.91. The fraction of sp³-hybridized carbons (Fsp3) is 0.680. The van der Waals surface area contributed by atoms with Crippen molar-refractivity contribution < 1.29 is 14.3 Å². The third kappa shape index (κ3) is 4.27. The number of likely N-dealkylation sites (tertiary alicyclic amines) is 1. The number of benzene rings is 1. The van der Waals surface area contributed by atoms with E-state index in [0.29, 0.717) is 17.7 Å². The third-order valence-electron chi connectivity index (χ3n) is 7.45. The van der Waals surface area contributed by atoms with Crippen LogP contribution in [0.4, 0.5) is 0 Å². The van der Waals surface area contributed by atoms with E-state index >= 15 is 0 Å². The first-order valence-electron chi connectivity index (χ1n) is 11.5. The smallest absolute Gasteiger partial charge is 0.334 e. The molecule has 4 atom stereocenters. The van der Waals surface area contributed by atoms with Crippen LogP contribution in [-0.4, -0.2) is 42.5 Å². The predicted molar refractivity (Wildman–Crippen MR) is 120 cm³/mol. The molecule has 1 fully saturated rings. The monoisotopic (exact) mass is 414 g/mol. The first kappa shape index (κ1) is 22.8. The molecule has 3 rings (SSSR count). The molecule has 1 saturated heterocycles. The quantitative estimate of drug-likeness (QED) is 0.540. The molecule has 1 heterocycles. The third-order valence-corrected chi connectivity index (χ3v) is 7.45. The zero-order valence-electron chi connectivity index (χ0n) is 19.5. The number of piperidine rings is 1. The summed E-state index contributed by atoms with van der Waals surface area (Å²) in [5.41, 5.74) is 2.92. The molecule has 0 spiro atoms. The zero-order chi connectivity index (χ0) is 22.1. The van der Waals surface area contributed by atoms with Gasteiger partial charge in [0, 0.05) is 18.4 Å². The number of carbonyl (C=O) groups excluding carboxylic acids is 2. The fourth-order valence-electron chi connectivity index (χ4n) is 5.59. The number of fused-ring (bicyclic) bond motifs is 4. The van der Waals surface area contributed by atoms with Crippen LogP contribution < -0.4 is 10.1 Å². The van der Waals surface area contributed by atoms with Crippen LogP contribution in [0, 0.1) is 11.8 Å². The van der Waals surface area contributed by atoms with E-state index in [-0.39, 0.29) is 17.2 Å². The standard InChI is InChI=1S/C25H38N2O3/c1-7-8-11-25-12-13-27(6)22(17(25)4)14-19-9-10-20(15-21(19)25)30-24(29)23(16(2)3)26-18(5)28/h9-10,15-17,22-23H,7-8,11-14H2,1-6H3,(H,26,28)/t17-,22+,23?,25+/m1/s1. The van der Waals surface area contributed by atoms with Crippen LogP contribution in [0.25, 0.3) is 0 Å². The largest absolute Gasteiger partial charge is 0.425 e. The SMILES string of the molecule is CCCC[C@@]12CCN(C)[C@@H](Cc3ccc(OC(=O)C(NC(C)=O)C(C)C)cc31)[C@H]2C. The molecule has 30 heavy (non-hydrogen) atoms. The lowest BCUT2D eigenvalue weighted by Gasteiger charge is -2.55. The van der Waals surface area contributed by atoms with Crippen molar-refractivity contribution in [1.82, 2.24) is 10.2 Å². The molecule has 166 valence electrons. The van der Waals surface area contributed by atoms with E-state index in [1.165, 1.54) is 37.3 Å². The summed E-state index contributed by atoms with van der Waals surface area (Å²) in [4.78, 5) is 26.8. The zero-order valence-corrected chi connectivity index (χ0v) is 19.5. The Morgan fingerprint density at radius 1 is 1.33 bits per heavy atom. The Morgan fingerprint density at radius 2 is 2.07 bits per heavy atom. The number of amides is 1. The van der Waals surface area contributed by atoms with Crippen molar-refractivity contribution in [1.29, 1.82) is 0 Å². The summed E-state index contributed by atoms with van der Waals surface area (Å²) in [7, 11) is 2.25. The molecule has 0 saturated carbocycles. The lowest BCUT2D eigenvalue weighted by molar-refractivity contribution is -0.140. The molecule has 1 amide bonds. The Bertz CT molecular complexity index is 787. The van der Waals surface area contributed by atoms with Crippen LogP contribution >= 0.6 is 0 Å². The van der Waals surface area contributed by atoms with Gasteiger partial charge in [0.2, 0.25) is 5.91 Å². The maximum atomic E-state index is 12.8. The van der Waals surface area contributed by atoms with Crippen LogP contribution in [0.1, 0.15) is 71.4 Å². The Morgan fingerprint density at radius 3 is 2.70 bits per heavy atom.